The van der Waals surface area contributed by atoms with Crippen molar-refractivity contribution >= 4 is 11.5 Å². The standard InChI is InChI=1S/C11H14N4O/c1-5-14(7-9-16-8-1)10-3-6-15-11(13-10)2-4-12-15/h2-4,6H,1,5,7-9H2. The molecule has 0 atom stereocenters. The Hall–Kier alpha value is -1.62. The van der Waals surface area contributed by atoms with Gasteiger partial charge in [0.2, 0.25) is 0 Å². The van der Waals surface area contributed by atoms with E-state index in [1.807, 2.05) is 18.3 Å². The van der Waals surface area contributed by atoms with Crippen LogP contribution in [0.25, 0.3) is 5.65 Å². The Labute approximate surface area is 93.6 Å². The number of ether oxygens (including phenoxy) is 1. The predicted octanol–water partition coefficient (Wildman–Crippen LogP) is 0.956. The van der Waals surface area contributed by atoms with Gasteiger partial charge in [-0.15, -0.1) is 0 Å². The van der Waals surface area contributed by atoms with Gasteiger partial charge in [-0.2, -0.15) is 5.10 Å². The quantitative estimate of drug-likeness (QED) is 0.715. The highest BCUT2D eigenvalue weighted by Gasteiger charge is 2.11. The molecular formula is C11H14N4O. The highest BCUT2D eigenvalue weighted by molar-refractivity contribution is 5.47. The van der Waals surface area contributed by atoms with E-state index >= 15 is 0 Å². The molecule has 1 saturated heterocycles. The fraction of sp³-hybridized carbons (Fsp3) is 0.455. The lowest BCUT2D eigenvalue weighted by molar-refractivity contribution is 0.152. The van der Waals surface area contributed by atoms with E-state index in [1.54, 1.807) is 10.7 Å². The predicted molar refractivity (Wildman–Crippen MR) is 60.6 cm³/mol. The van der Waals surface area contributed by atoms with Crippen molar-refractivity contribution in [1.29, 1.82) is 0 Å². The zero-order valence-electron chi connectivity index (χ0n) is 9.04. The topological polar surface area (TPSA) is 42.7 Å². The third-order valence-corrected chi connectivity index (χ3v) is 2.79. The molecule has 0 aromatic carbocycles. The summed E-state index contributed by atoms with van der Waals surface area (Å²) in [5, 5.41) is 4.13. The smallest absolute Gasteiger partial charge is 0.157 e. The van der Waals surface area contributed by atoms with Crippen molar-refractivity contribution in [3.05, 3.63) is 24.5 Å². The third-order valence-electron chi connectivity index (χ3n) is 2.79. The van der Waals surface area contributed by atoms with E-state index in [1.165, 1.54) is 0 Å². The second-order valence-corrected chi connectivity index (χ2v) is 3.87. The summed E-state index contributed by atoms with van der Waals surface area (Å²) in [5.41, 5.74) is 0.891. The molecule has 2 aromatic heterocycles. The van der Waals surface area contributed by atoms with Crippen LogP contribution >= 0.6 is 0 Å². The van der Waals surface area contributed by atoms with Crippen LogP contribution in [0, 0.1) is 0 Å². The second-order valence-electron chi connectivity index (χ2n) is 3.87. The van der Waals surface area contributed by atoms with Crippen molar-refractivity contribution in [3.63, 3.8) is 0 Å². The Bertz CT molecular complexity index is 474. The summed E-state index contributed by atoms with van der Waals surface area (Å²) in [4.78, 5) is 6.84. The van der Waals surface area contributed by atoms with Crippen molar-refractivity contribution in [2.45, 2.75) is 6.42 Å². The second kappa shape index (κ2) is 4.09. The molecule has 3 rings (SSSR count). The fourth-order valence-electron chi connectivity index (χ4n) is 1.95. The monoisotopic (exact) mass is 218 g/mol. The first-order valence-electron chi connectivity index (χ1n) is 5.56. The minimum atomic E-state index is 0.784. The minimum absolute atomic E-state index is 0.784. The van der Waals surface area contributed by atoms with Gasteiger partial charge in [0.1, 0.15) is 5.82 Å². The molecule has 0 N–H and O–H groups in total. The van der Waals surface area contributed by atoms with Crippen LogP contribution in [0.5, 0.6) is 0 Å². The average molecular weight is 218 g/mol. The van der Waals surface area contributed by atoms with Crippen molar-refractivity contribution in [2.24, 2.45) is 0 Å². The van der Waals surface area contributed by atoms with Crippen molar-refractivity contribution in [3.8, 4) is 0 Å². The molecule has 0 aliphatic carbocycles. The lowest BCUT2D eigenvalue weighted by Crippen LogP contribution is -2.26. The number of aromatic nitrogens is 3. The molecule has 0 bridgehead atoms. The highest BCUT2D eigenvalue weighted by atomic mass is 16.5. The SMILES string of the molecule is c1cc2nc(N3CCCOCC3)ccn2n1. The molecule has 3 heterocycles. The minimum Gasteiger partial charge on any atom is -0.380 e. The van der Waals surface area contributed by atoms with Gasteiger partial charge in [-0.05, 0) is 12.5 Å². The molecule has 0 saturated carbocycles. The zero-order chi connectivity index (χ0) is 10.8. The lowest BCUT2D eigenvalue weighted by atomic mass is 10.4. The normalized spacial score (nSPS) is 17.6. The molecule has 1 fully saturated rings. The maximum absolute atomic E-state index is 5.43. The first-order chi connectivity index (χ1) is 7.93. The molecule has 84 valence electrons. The van der Waals surface area contributed by atoms with E-state index in [4.69, 9.17) is 4.74 Å². The van der Waals surface area contributed by atoms with Gasteiger partial charge in [0, 0.05) is 32.0 Å². The molecule has 0 amide bonds. The van der Waals surface area contributed by atoms with Gasteiger partial charge in [0.25, 0.3) is 0 Å². The molecule has 2 aromatic rings. The Morgan fingerprint density at radius 3 is 3.19 bits per heavy atom. The van der Waals surface area contributed by atoms with Gasteiger partial charge in [-0.3, -0.25) is 0 Å². The van der Waals surface area contributed by atoms with Gasteiger partial charge in [-0.1, -0.05) is 0 Å². The van der Waals surface area contributed by atoms with Gasteiger partial charge < -0.3 is 9.64 Å². The van der Waals surface area contributed by atoms with E-state index in [9.17, 15) is 0 Å². The zero-order valence-corrected chi connectivity index (χ0v) is 9.04. The van der Waals surface area contributed by atoms with Crippen molar-refractivity contribution in [1.82, 2.24) is 14.6 Å². The maximum Gasteiger partial charge on any atom is 0.157 e. The Balaban J connectivity index is 1.91. The number of nitrogens with zero attached hydrogens (tertiary/aromatic N) is 4. The maximum atomic E-state index is 5.43. The third kappa shape index (κ3) is 1.74. The van der Waals surface area contributed by atoms with Crippen LogP contribution in [0.4, 0.5) is 5.82 Å². The summed E-state index contributed by atoms with van der Waals surface area (Å²) in [5.74, 6) is 1.01. The van der Waals surface area contributed by atoms with E-state index in [2.05, 4.69) is 15.0 Å². The molecule has 1 aliphatic heterocycles. The first-order valence-corrected chi connectivity index (χ1v) is 5.56. The number of rotatable bonds is 1. The summed E-state index contributed by atoms with van der Waals surface area (Å²) in [7, 11) is 0. The molecule has 0 unspecified atom stereocenters. The Kier molecular flexibility index (Phi) is 2.46. The number of fused-ring (bicyclic) bond motifs is 1. The van der Waals surface area contributed by atoms with Crippen LogP contribution in [0.3, 0.4) is 0 Å². The van der Waals surface area contributed by atoms with E-state index < -0.39 is 0 Å². The van der Waals surface area contributed by atoms with Gasteiger partial charge in [0.15, 0.2) is 5.65 Å². The van der Waals surface area contributed by atoms with E-state index in [0.29, 0.717) is 0 Å². The van der Waals surface area contributed by atoms with Crippen LogP contribution in [0.2, 0.25) is 0 Å². The van der Waals surface area contributed by atoms with Crippen molar-refractivity contribution in [2.75, 3.05) is 31.2 Å². The molecule has 16 heavy (non-hydrogen) atoms. The summed E-state index contributed by atoms with van der Waals surface area (Å²) in [6.07, 6.45) is 4.77. The van der Waals surface area contributed by atoms with Gasteiger partial charge in [0.05, 0.1) is 12.8 Å². The summed E-state index contributed by atoms with van der Waals surface area (Å²) in [6.45, 7) is 3.56. The van der Waals surface area contributed by atoms with Crippen LogP contribution in [0.1, 0.15) is 6.42 Å². The highest BCUT2D eigenvalue weighted by Crippen LogP contribution is 2.13. The first kappa shape index (κ1) is 9.59. The molecule has 5 nitrogen and oxygen atoms in total. The van der Waals surface area contributed by atoms with Gasteiger partial charge in [-0.25, -0.2) is 9.50 Å². The molecule has 0 spiro atoms. The Morgan fingerprint density at radius 1 is 1.19 bits per heavy atom. The Morgan fingerprint density at radius 2 is 2.19 bits per heavy atom. The van der Waals surface area contributed by atoms with Crippen LogP contribution in [0.15, 0.2) is 24.5 Å². The van der Waals surface area contributed by atoms with E-state index in [0.717, 1.165) is 44.2 Å². The van der Waals surface area contributed by atoms with Crippen LogP contribution in [-0.2, 0) is 4.74 Å². The molecular weight excluding hydrogens is 204 g/mol. The summed E-state index contributed by atoms with van der Waals surface area (Å²) >= 11 is 0. The van der Waals surface area contributed by atoms with Gasteiger partial charge >= 0.3 is 0 Å². The van der Waals surface area contributed by atoms with Crippen LogP contribution in [-0.4, -0.2) is 40.9 Å². The van der Waals surface area contributed by atoms with E-state index in [-0.39, 0.29) is 0 Å². The molecule has 0 radical (unpaired) electrons. The average Bonchev–Trinajstić information content (AvgIpc) is 2.61. The molecule has 1 aliphatic rings. The lowest BCUT2D eigenvalue weighted by Gasteiger charge is -2.20. The number of anilines is 1. The van der Waals surface area contributed by atoms with Crippen LogP contribution < -0.4 is 4.90 Å². The summed E-state index contributed by atoms with van der Waals surface area (Å²) in [6, 6.07) is 3.92. The largest absolute Gasteiger partial charge is 0.380 e. The fourth-order valence-corrected chi connectivity index (χ4v) is 1.95. The number of hydrogen-bond acceptors (Lipinski definition) is 4. The van der Waals surface area contributed by atoms with Crippen molar-refractivity contribution < 1.29 is 4.74 Å². The number of hydrogen-bond donors (Lipinski definition) is 0. The summed E-state index contributed by atoms with van der Waals surface area (Å²) < 4.78 is 7.21. The molecule has 5 heteroatoms.